The minimum absolute atomic E-state index is 0.0424. The molecule has 1 aromatic carbocycles. The van der Waals surface area contributed by atoms with E-state index in [2.05, 4.69) is 15.9 Å². The van der Waals surface area contributed by atoms with Crippen LogP contribution in [0.25, 0.3) is 0 Å². The van der Waals surface area contributed by atoms with Crippen LogP contribution in [0.3, 0.4) is 0 Å². The largest absolute Gasteiger partial charge is 0.337 e. The third-order valence-corrected chi connectivity index (χ3v) is 3.49. The lowest BCUT2D eigenvalue weighted by Gasteiger charge is -2.16. The van der Waals surface area contributed by atoms with Gasteiger partial charge in [0.05, 0.1) is 10.6 Å². The molecule has 0 aromatic heterocycles. The van der Waals surface area contributed by atoms with E-state index in [1.165, 1.54) is 0 Å². The Labute approximate surface area is 108 Å². The number of likely N-dealkylation sites (tertiary alicyclic amines) is 1. The minimum atomic E-state index is -0.0424. The quantitative estimate of drug-likeness (QED) is 0.865. The van der Waals surface area contributed by atoms with Gasteiger partial charge in [0, 0.05) is 23.6 Å². The van der Waals surface area contributed by atoms with Crippen molar-refractivity contribution in [1.82, 2.24) is 4.90 Å². The van der Waals surface area contributed by atoms with E-state index in [4.69, 9.17) is 17.3 Å². The molecule has 5 heteroatoms. The summed E-state index contributed by atoms with van der Waals surface area (Å²) in [6.07, 6.45) is 0.858. The molecule has 0 bridgehead atoms. The molecular weight excluding hydrogens is 291 g/mol. The lowest BCUT2D eigenvalue weighted by molar-refractivity contribution is 0.0791. The number of benzene rings is 1. The maximum atomic E-state index is 12.1. The fraction of sp³-hybridized carbons (Fsp3) is 0.364. The van der Waals surface area contributed by atoms with Crippen LogP contribution in [-0.2, 0) is 0 Å². The molecule has 2 rings (SSSR count). The molecule has 1 aliphatic rings. The third-order valence-electron chi connectivity index (χ3n) is 2.67. The molecule has 1 amide bonds. The average Bonchev–Trinajstić information content (AvgIpc) is 2.67. The van der Waals surface area contributed by atoms with Crippen molar-refractivity contribution in [1.29, 1.82) is 0 Å². The summed E-state index contributed by atoms with van der Waals surface area (Å²) in [6, 6.07) is 5.37. The molecule has 0 radical (unpaired) electrons. The standard InChI is InChI=1S/C11H12BrClN2O/c12-7-1-2-10(13)9(5-7)11(16)15-4-3-8(14)6-15/h1-2,5,8H,3-4,6,14H2/t8-/m1/s1. The molecule has 1 aromatic rings. The number of hydrogen-bond acceptors (Lipinski definition) is 2. The second-order valence-electron chi connectivity index (χ2n) is 3.92. The summed E-state index contributed by atoms with van der Waals surface area (Å²) in [5, 5.41) is 0.480. The summed E-state index contributed by atoms with van der Waals surface area (Å²) in [7, 11) is 0. The summed E-state index contributed by atoms with van der Waals surface area (Å²) >= 11 is 9.34. The van der Waals surface area contributed by atoms with Gasteiger partial charge in [0.2, 0.25) is 0 Å². The number of rotatable bonds is 1. The Balaban J connectivity index is 2.23. The molecule has 1 heterocycles. The first-order valence-electron chi connectivity index (χ1n) is 5.08. The normalized spacial score (nSPS) is 20.2. The zero-order chi connectivity index (χ0) is 11.7. The molecular formula is C11H12BrClN2O. The van der Waals surface area contributed by atoms with Gasteiger partial charge in [-0.1, -0.05) is 27.5 Å². The molecule has 0 spiro atoms. The average molecular weight is 304 g/mol. The molecule has 3 nitrogen and oxygen atoms in total. The Bertz CT molecular complexity index is 424. The lowest BCUT2D eigenvalue weighted by Crippen LogP contribution is -2.32. The molecule has 1 fully saturated rings. The van der Waals surface area contributed by atoms with Gasteiger partial charge in [0.15, 0.2) is 0 Å². The number of carbonyl (C=O) groups excluding carboxylic acids is 1. The molecule has 1 saturated heterocycles. The summed E-state index contributed by atoms with van der Waals surface area (Å²) < 4.78 is 0.851. The Hall–Kier alpha value is -0.580. The monoisotopic (exact) mass is 302 g/mol. The van der Waals surface area contributed by atoms with Gasteiger partial charge < -0.3 is 10.6 Å². The molecule has 2 N–H and O–H groups in total. The van der Waals surface area contributed by atoms with Gasteiger partial charge in [-0.3, -0.25) is 4.79 Å². The molecule has 86 valence electrons. The highest BCUT2D eigenvalue weighted by Crippen LogP contribution is 2.23. The SMILES string of the molecule is N[C@@H]1CCN(C(=O)c2cc(Br)ccc2Cl)C1. The first kappa shape index (κ1) is 11.9. The van der Waals surface area contributed by atoms with E-state index in [0.717, 1.165) is 10.9 Å². The lowest BCUT2D eigenvalue weighted by atomic mass is 10.2. The maximum Gasteiger partial charge on any atom is 0.255 e. The van der Waals surface area contributed by atoms with E-state index in [9.17, 15) is 4.79 Å². The maximum absolute atomic E-state index is 12.1. The van der Waals surface area contributed by atoms with E-state index in [1.54, 1.807) is 17.0 Å². The van der Waals surface area contributed by atoms with Gasteiger partial charge >= 0.3 is 0 Å². The van der Waals surface area contributed by atoms with Gasteiger partial charge in [-0.2, -0.15) is 0 Å². The van der Waals surface area contributed by atoms with Crippen molar-refractivity contribution in [3.63, 3.8) is 0 Å². The van der Waals surface area contributed by atoms with Crippen LogP contribution in [0.2, 0.25) is 5.02 Å². The summed E-state index contributed by atoms with van der Waals surface area (Å²) in [4.78, 5) is 13.9. The predicted octanol–water partition coefficient (Wildman–Crippen LogP) is 2.28. The van der Waals surface area contributed by atoms with Crippen LogP contribution in [0.15, 0.2) is 22.7 Å². The first-order valence-corrected chi connectivity index (χ1v) is 6.25. The van der Waals surface area contributed by atoms with Crippen LogP contribution in [0, 0.1) is 0 Å². The number of nitrogens with two attached hydrogens (primary N) is 1. The smallest absolute Gasteiger partial charge is 0.255 e. The van der Waals surface area contributed by atoms with Crippen molar-refractivity contribution < 1.29 is 4.79 Å². The molecule has 1 atom stereocenters. The summed E-state index contributed by atoms with van der Waals surface area (Å²) in [5.41, 5.74) is 6.31. The molecule has 0 unspecified atom stereocenters. The second-order valence-corrected chi connectivity index (χ2v) is 5.25. The van der Waals surface area contributed by atoms with Crippen molar-refractivity contribution in [3.05, 3.63) is 33.3 Å². The minimum Gasteiger partial charge on any atom is -0.337 e. The zero-order valence-electron chi connectivity index (χ0n) is 8.62. The number of carbonyl (C=O) groups is 1. The van der Waals surface area contributed by atoms with E-state index < -0.39 is 0 Å². The molecule has 0 saturated carbocycles. The van der Waals surface area contributed by atoms with Crippen LogP contribution in [0.5, 0.6) is 0 Å². The van der Waals surface area contributed by atoms with Crippen molar-refractivity contribution in [2.75, 3.05) is 13.1 Å². The van der Waals surface area contributed by atoms with Crippen molar-refractivity contribution in [2.45, 2.75) is 12.5 Å². The second kappa shape index (κ2) is 4.73. The van der Waals surface area contributed by atoms with Gasteiger partial charge in [-0.25, -0.2) is 0 Å². The van der Waals surface area contributed by atoms with Gasteiger partial charge in [-0.15, -0.1) is 0 Å². The number of hydrogen-bond donors (Lipinski definition) is 1. The summed E-state index contributed by atoms with van der Waals surface area (Å²) in [5.74, 6) is -0.0424. The van der Waals surface area contributed by atoms with Gasteiger partial charge in [0.1, 0.15) is 0 Å². The van der Waals surface area contributed by atoms with Crippen LogP contribution in [-0.4, -0.2) is 29.9 Å². The Kier molecular flexibility index (Phi) is 3.52. The number of halogens is 2. The Morgan fingerprint density at radius 1 is 1.56 bits per heavy atom. The van der Waals surface area contributed by atoms with E-state index in [1.807, 2.05) is 6.07 Å². The van der Waals surface area contributed by atoms with Crippen molar-refractivity contribution >= 4 is 33.4 Å². The highest BCUT2D eigenvalue weighted by Gasteiger charge is 2.25. The molecule has 0 aliphatic carbocycles. The Morgan fingerprint density at radius 3 is 2.94 bits per heavy atom. The molecule has 1 aliphatic heterocycles. The number of nitrogens with zero attached hydrogens (tertiary/aromatic N) is 1. The highest BCUT2D eigenvalue weighted by atomic mass is 79.9. The van der Waals surface area contributed by atoms with Crippen LogP contribution in [0.1, 0.15) is 16.8 Å². The zero-order valence-corrected chi connectivity index (χ0v) is 11.0. The van der Waals surface area contributed by atoms with Gasteiger partial charge in [0.25, 0.3) is 5.91 Å². The Morgan fingerprint density at radius 2 is 2.31 bits per heavy atom. The molecule has 16 heavy (non-hydrogen) atoms. The van der Waals surface area contributed by atoms with Crippen LogP contribution in [0.4, 0.5) is 0 Å². The topological polar surface area (TPSA) is 46.3 Å². The van der Waals surface area contributed by atoms with E-state index in [0.29, 0.717) is 23.7 Å². The predicted molar refractivity (Wildman–Crippen MR) is 67.6 cm³/mol. The van der Waals surface area contributed by atoms with Crippen LogP contribution >= 0.6 is 27.5 Å². The fourth-order valence-corrected chi connectivity index (χ4v) is 2.36. The number of amides is 1. The van der Waals surface area contributed by atoms with Crippen molar-refractivity contribution in [2.24, 2.45) is 5.73 Å². The van der Waals surface area contributed by atoms with Crippen LogP contribution < -0.4 is 5.73 Å². The first-order chi connectivity index (χ1) is 7.58. The fourth-order valence-electron chi connectivity index (χ4n) is 1.80. The van der Waals surface area contributed by atoms with E-state index >= 15 is 0 Å². The van der Waals surface area contributed by atoms with E-state index in [-0.39, 0.29) is 11.9 Å². The summed E-state index contributed by atoms with van der Waals surface area (Å²) in [6.45, 7) is 1.32. The third kappa shape index (κ3) is 2.39. The van der Waals surface area contributed by atoms with Gasteiger partial charge in [-0.05, 0) is 24.6 Å². The highest BCUT2D eigenvalue weighted by molar-refractivity contribution is 9.10. The van der Waals surface area contributed by atoms with Crippen molar-refractivity contribution in [3.8, 4) is 0 Å².